The van der Waals surface area contributed by atoms with Crippen molar-refractivity contribution in [3.63, 3.8) is 0 Å². The van der Waals surface area contributed by atoms with Gasteiger partial charge in [0.15, 0.2) is 11.5 Å². The van der Waals surface area contributed by atoms with Crippen LogP contribution in [-0.2, 0) is 0 Å². The Hall–Kier alpha value is -3.02. The molecule has 0 fully saturated rings. The molecule has 0 atom stereocenters. The number of rotatable bonds is 4. The molecular formula is C15H15N3O3. The summed E-state index contributed by atoms with van der Waals surface area (Å²) in [7, 11) is 1.46. The van der Waals surface area contributed by atoms with Gasteiger partial charge in [0.05, 0.1) is 13.3 Å². The fourth-order valence-electron chi connectivity index (χ4n) is 1.71. The Morgan fingerprint density at radius 3 is 2.81 bits per heavy atom. The van der Waals surface area contributed by atoms with Gasteiger partial charge in [-0.1, -0.05) is 12.1 Å². The number of aromatic hydroxyl groups is 1. The molecule has 0 radical (unpaired) electrons. The van der Waals surface area contributed by atoms with Crippen LogP contribution in [0.2, 0.25) is 0 Å². The van der Waals surface area contributed by atoms with E-state index in [0.717, 1.165) is 0 Å². The number of nitrogens with one attached hydrogen (secondary N) is 1. The zero-order valence-electron chi connectivity index (χ0n) is 11.4. The average molecular weight is 285 g/mol. The number of phenolic OH excluding ortho intramolecular Hbond substituents is 1. The van der Waals surface area contributed by atoms with E-state index in [1.165, 1.54) is 13.3 Å². The van der Waals surface area contributed by atoms with Gasteiger partial charge in [-0.2, -0.15) is 5.10 Å². The average Bonchev–Trinajstić information content (AvgIpc) is 2.49. The number of amides is 1. The van der Waals surface area contributed by atoms with Crippen LogP contribution in [0.3, 0.4) is 0 Å². The third kappa shape index (κ3) is 3.50. The third-order valence-corrected chi connectivity index (χ3v) is 2.77. The van der Waals surface area contributed by atoms with Crippen LogP contribution < -0.4 is 15.9 Å². The normalized spacial score (nSPS) is 10.5. The van der Waals surface area contributed by atoms with Crippen LogP contribution in [0.25, 0.3) is 0 Å². The molecular weight excluding hydrogens is 270 g/mol. The van der Waals surface area contributed by atoms with Crippen molar-refractivity contribution in [2.45, 2.75) is 0 Å². The number of nitrogens with zero attached hydrogens (tertiary/aromatic N) is 1. The van der Waals surface area contributed by atoms with Gasteiger partial charge in [-0.25, -0.2) is 5.43 Å². The van der Waals surface area contributed by atoms with Gasteiger partial charge in [0, 0.05) is 16.8 Å². The molecule has 0 saturated carbocycles. The van der Waals surface area contributed by atoms with Crippen LogP contribution in [0.5, 0.6) is 11.5 Å². The lowest BCUT2D eigenvalue weighted by Gasteiger charge is -2.05. The van der Waals surface area contributed by atoms with Gasteiger partial charge in [-0.15, -0.1) is 0 Å². The summed E-state index contributed by atoms with van der Waals surface area (Å²) < 4.78 is 4.98. The Bertz CT molecular complexity index is 684. The number of nitrogen functional groups attached to an aromatic ring is 1. The minimum Gasteiger partial charge on any atom is -0.504 e. The molecule has 0 aliphatic rings. The smallest absolute Gasteiger partial charge is 0.271 e. The molecule has 4 N–H and O–H groups in total. The number of benzene rings is 2. The molecule has 0 aromatic heterocycles. The van der Waals surface area contributed by atoms with Crippen LogP contribution in [0.15, 0.2) is 47.6 Å². The number of methoxy groups -OCH3 is 1. The highest BCUT2D eigenvalue weighted by atomic mass is 16.5. The first kappa shape index (κ1) is 14.4. The van der Waals surface area contributed by atoms with Gasteiger partial charge < -0.3 is 15.6 Å². The van der Waals surface area contributed by atoms with E-state index in [0.29, 0.717) is 22.6 Å². The highest BCUT2D eigenvalue weighted by Crippen LogP contribution is 2.27. The lowest BCUT2D eigenvalue weighted by Crippen LogP contribution is -2.17. The van der Waals surface area contributed by atoms with E-state index in [9.17, 15) is 9.90 Å². The van der Waals surface area contributed by atoms with Crippen LogP contribution in [0.4, 0.5) is 5.69 Å². The summed E-state index contributed by atoms with van der Waals surface area (Å²) in [5, 5.41) is 13.7. The maximum atomic E-state index is 11.8. The Balaban J connectivity index is 2.07. The number of hydrogen-bond acceptors (Lipinski definition) is 5. The molecule has 0 aliphatic heterocycles. The number of hydrazone groups is 1. The number of ether oxygens (including phenoxy) is 1. The first-order valence-corrected chi connectivity index (χ1v) is 6.16. The first-order chi connectivity index (χ1) is 10.1. The standard InChI is InChI=1S/C15H15N3O3/c1-21-13-7-3-5-11(14(13)19)9-17-18-15(20)10-4-2-6-12(16)8-10/h2-9,19H,16H2,1H3,(H,18,20)/b17-9-. The zero-order chi connectivity index (χ0) is 15.2. The topological polar surface area (TPSA) is 96.9 Å². The highest BCUT2D eigenvalue weighted by molar-refractivity contribution is 5.95. The third-order valence-electron chi connectivity index (χ3n) is 2.77. The Morgan fingerprint density at radius 1 is 1.33 bits per heavy atom. The van der Waals surface area contributed by atoms with Crippen molar-refractivity contribution in [1.82, 2.24) is 5.43 Å². The predicted octanol–water partition coefficient (Wildman–Crippen LogP) is 1.75. The molecule has 1 amide bonds. The van der Waals surface area contributed by atoms with E-state index in [1.54, 1.807) is 42.5 Å². The maximum Gasteiger partial charge on any atom is 0.271 e. The molecule has 0 aliphatic carbocycles. The quantitative estimate of drug-likeness (QED) is 0.453. The SMILES string of the molecule is COc1cccc(/C=N\NC(=O)c2cccc(N)c2)c1O. The second kappa shape index (κ2) is 6.42. The number of carbonyl (C=O) groups excluding carboxylic acids is 1. The molecule has 0 saturated heterocycles. The lowest BCUT2D eigenvalue weighted by atomic mass is 10.2. The van der Waals surface area contributed by atoms with E-state index < -0.39 is 0 Å². The van der Waals surface area contributed by atoms with Gasteiger partial charge in [-0.3, -0.25) is 4.79 Å². The summed E-state index contributed by atoms with van der Waals surface area (Å²) in [6, 6.07) is 11.5. The fourth-order valence-corrected chi connectivity index (χ4v) is 1.71. The number of para-hydroxylation sites is 1. The lowest BCUT2D eigenvalue weighted by molar-refractivity contribution is 0.0955. The molecule has 2 aromatic carbocycles. The van der Waals surface area contributed by atoms with Gasteiger partial charge in [-0.05, 0) is 30.3 Å². The summed E-state index contributed by atoms with van der Waals surface area (Å²) in [4.78, 5) is 11.8. The Kier molecular flexibility index (Phi) is 4.40. The molecule has 2 rings (SSSR count). The Labute approximate surface area is 121 Å². The van der Waals surface area contributed by atoms with Crippen molar-refractivity contribution in [2.24, 2.45) is 5.10 Å². The van der Waals surface area contributed by atoms with Crippen molar-refractivity contribution < 1.29 is 14.6 Å². The second-order valence-electron chi connectivity index (χ2n) is 4.22. The molecule has 0 bridgehead atoms. The molecule has 21 heavy (non-hydrogen) atoms. The van der Waals surface area contributed by atoms with E-state index in [4.69, 9.17) is 10.5 Å². The van der Waals surface area contributed by atoms with Gasteiger partial charge in [0.25, 0.3) is 5.91 Å². The molecule has 6 heteroatoms. The van der Waals surface area contributed by atoms with E-state index in [1.807, 2.05) is 0 Å². The minimum atomic E-state index is -0.388. The van der Waals surface area contributed by atoms with Gasteiger partial charge in [0.2, 0.25) is 0 Å². The minimum absolute atomic E-state index is 0.0399. The van der Waals surface area contributed by atoms with Crippen molar-refractivity contribution >= 4 is 17.8 Å². The maximum absolute atomic E-state index is 11.8. The van der Waals surface area contributed by atoms with E-state index >= 15 is 0 Å². The molecule has 2 aromatic rings. The predicted molar refractivity (Wildman–Crippen MR) is 80.6 cm³/mol. The number of anilines is 1. The van der Waals surface area contributed by atoms with Crippen LogP contribution in [-0.4, -0.2) is 24.3 Å². The second-order valence-corrected chi connectivity index (χ2v) is 4.22. The van der Waals surface area contributed by atoms with Crippen molar-refractivity contribution in [1.29, 1.82) is 0 Å². The molecule has 0 spiro atoms. The first-order valence-electron chi connectivity index (χ1n) is 6.16. The summed E-state index contributed by atoms with van der Waals surface area (Å²) in [6.07, 6.45) is 1.34. The molecule has 0 unspecified atom stereocenters. The molecule has 6 nitrogen and oxygen atoms in total. The van der Waals surface area contributed by atoms with Gasteiger partial charge in [0.1, 0.15) is 0 Å². The van der Waals surface area contributed by atoms with Crippen LogP contribution in [0.1, 0.15) is 15.9 Å². The Morgan fingerprint density at radius 2 is 2.10 bits per heavy atom. The largest absolute Gasteiger partial charge is 0.504 e. The summed E-state index contributed by atoms with van der Waals surface area (Å²) in [5.74, 6) is -0.0935. The van der Waals surface area contributed by atoms with E-state index in [-0.39, 0.29) is 11.7 Å². The number of phenols is 1. The van der Waals surface area contributed by atoms with Gasteiger partial charge >= 0.3 is 0 Å². The van der Waals surface area contributed by atoms with Crippen molar-refractivity contribution in [3.05, 3.63) is 53.6 Å². The monoisotopic (exact) mass is 285 g/mol. The highest BCUT2D eigenvalue weighted by Gasteiger charge is 2.06. The molecule has 108 valence electrons. The summed E-state index contributed by atoms with van der Waals surface area (Å²) in [5.41, 5.74) is 9.30. The van der Waals surface area contributed by atoms with Crippen molar-refractivity contribution in [2.75, 3.05) is 12.8 Å². The fraction of sp³-hybridized carbons (Fsp3) is 0.0667. The van der Waals surface area contributed by atoms with E-state index in [2.05, 4.69) is 10.5 Å². The van der Waals surface area contributed by atoms with Crippen LogP contribution in [0, 0.1) is 0 Å². The summed E-state index contributed by atoms with van der Waals surface area (Å²) in [6.45, 7) is 0. The van der Waals surface area contributed by atoms with Crippen LogP contribution >= 0.6 is 0 Å². The number of nitrogens with two attached hydrogens (primary N) is 1. The van der Waals surface area contributed by atoms with Crippen molar-refractivity contribution in [3.8, 4) is 11.5 Å². The zero-order valence-corrected chi connectivity index (χ0v) is 11.4. The summed E-state index contributed by atoms with van der Waals surface area (Å²) >= 11 is 0. The number of hydrogen-bond donors (Lipinski definition) is 3. The number of carbonyl (C=O) groups is 1. The molecule has 0 heterocycles.